The Balaban J connectivity index is 1.66. The Kier molecular flexibility index (Phi) is 3.57. The van der Waals surface area contributed by atoms with Crippen LogP contribution in [0.5, 0.6) is 0 Å². The van der Waals surface area contributed by atoms with Crippen molar-refractivity contribution in [3.05, 3.63) is 83.1 Å². The predicted molar refractivity (Wildman–Crippen MR) is 102 cm³/mol. The fourth-order valence-corrected chi connectivity index (χ4v) is 3.57. The molecule has 4 aromatic rings. The van der Waals surface area contributed by atoms with Gasteiger partial charge in [-0.05, 0) is 24.1 Å². The number of furan rings is 1. The molecule has 0 bridgehead atoms. The van der Waals surface area contributed by atoms with Gasteiger partial charge in [0.15, 0.2) is 5.82 Å². The summed E-state index contributed by atoms with van der Waals surface area (Å²) in [6, 6.07) is 17.8. The van der Waals surface area contributed by atoms with Crippen LogP contribution in [0.2, 0.25) is 5.28 Å². The molecule has 2 heterocycles. The highest BCUT2D eigenvalue weighted by atomic mass is 35.5. The first-order valence-electron chi connectivity index (χ1n) is 8.44. The fourth-order valence-electron chi connectivity index (χ4n) is 3.40. The number of benzene rings is 2. The molecule has 4 nitrogen and oxygen atoms in total. The van der Waals surface area contributed by atoms with Crippen LogP contribution in [0.25, 0.3) is 28.4 Å². The SMILES string of the molecule is Clc1nc(-c2ccccc2)nc(C2CC=Cc3c2oc2ccccc32)n1. The van der Waals surface area contributed by atoms with Crippen LogP contribution in [0.15, 0.2) is 65.1 Å². The van der Waals surface area contributed by atoms with Crippen molar-refractivity contribution in [1.29, 1.82) is 0 Å². The first kappa shape index (κ1) is 15.3. The minimum atomic E-state index is -0.0784. The van der Waals surface area contributed by atoms with E-state index in [4.69, 9.17) is 21.0 Å². The van der Waals surface area contributed by atoms with Gasteiger partial charge in [-0.3, -0.25) is 0 Å². The fraction of sp³-hybridized carbons (Fsp3) is 0.0952. The molecule has 1 atom stereocenters. The van der Waals surface area contributed by atoms with Gasteiger partial charge in [-0.25, -0.2) is 9.97 Å². The molecule has 26 heavy (non-hydrogen) atoms. The van der Waals surface area contributed by atoms with Crippen molar-refractivity contribution in [2.75, 3.05) is 0 Å². The number of para-hydroxylation sites is 1. The summed E-state index contributed by atoms with van der Waals surface area (Å²) in [6.45, 7) is 0. The van der Waals surface area contributed by atoms with Crippen LogP contribution in [0.4, 0.5) is 0 Å². The average Bonchev–Trinajstić information content (AvgIpc) is 3.07. The largest absolute Gasteiger partial charge is 0.460 e. The highest BCUT2D eigenvalue weighted by Gasteiger charge is 2.28. The third-order valence-electron chi connectivity index (χ3n) is 4.60. The number of hydrogen-bond acceptors (Lipinski definition) is 4. The molecular formula is C21H14ClN3O. The molecule has 0 radical (unpaired) electrons. The molecule has 0 N–H and O–H groups in total. The van der Waals surface area contributed by atoms with Crippen molar-refractivity contribution < 1.29 is 4.42 Å². The van der Waals surface area contributed by atoms with Crippen LogP contribution in [0, 0.1) is 0 Å². The van der Waals surface area contributed by atoms with Crippen LogP contribution < -0.4 is 0 Å². The third-order valence-corrected chi connectivity index (χ3v) is 4.77. The number of nitrogens with zero attached hydrogens (tertiary/aromatic N) is 3. The van der Waals surface area contributed by atoms with E-state index in [1.807, 2.05) is 48.5 Å². The van der Waals surface area contributed by atoms with Crippen molar-refractivity contribution in [2.24, 2.45) is 0 Å². The van der Waals surface area contributed by atoms with Gasteiger partial charge >= 0.3 is 0 Å². The molecule has 126 valence electrons. The molecule has 0 aliphatic heterocycles. The molecule has 5 heteroatoms. The van der Waals surface area contributed by atoms with Crippen LogP contribution in [0.1, 0.15) is 29.5 Å². The molecule has 2 aromatic carbocycles. The van der Waals surface area contributed by atoms with E-state index in [1.165, 1.54) is 0 Å². The van der Waals surface area contributed by atoms with Crippen molar-refractivity contribution in [3.63, 3.8) is 0 Å². The minimum absolute atomic E-state index is 0.0784. The Morgan fingerprint density at radius 1 is 0.923 bits per heavy atom. The Labute approximate surface area is 155 Å². The lowest BCUT2D eigenvalue weighted by molar-refractivity contribution is 0.505. The van der Waals surface area contributed by atoms with Gasteiger partial charge in [0.25, 0.3) is 0 Å². The zero-order valence-electron chi connectivity index (χ0n) is 13.8. The van der Waals surface area contributed by atoms with Crippen molar-refractivity contribution in [3.8, 4) is 11.4 Å². The standard InChI is InChI=1S/C21H14ClN3O/c22-21-24-19(13-7-2-1-3-8-13)23-20(25-21)16-11-6-10-15-14-9-4-5-12-17(14)26-18(15)16/h1-10,12,16H,11H2. The normalized spacial score (nSPS) is 16.0. The molecule has 1 aliphatic carbocycles. The summed E-state index contributed by atoms with van der Waals surface area (Å²) in [5.74, 6) is 2.02. The Morgan fingerprint density at radius 3 is 2.62 bits per heavy atom. The van der Waals surface area contributed by atoms with E-state index in [2.05, 4.69) is 28.2 Å². The summed E-state index contributed by atoms with van der Waals surface area (Å²) in [7, 11) is 0. The summed E-state index contributed by atoms with van der Waals surface area (Å²) >= 11 is 6.21. The Morgan fingerprint density at radius 2 is 1.73 bits per heavy atom. The minimum Gasteiger partial charge on any atom is -0.460 e. The predicted octanol–water partition coefficient (Wildman–Crippen LogP) is 5.49. The molecule has 0 saturated heterocycles. The highest BCUT2D eigenvalue weighted by Crippen LogP contribution is 2.39. The molecule has 0 spiro atoms. The van der Waals surface area contributed by atoms with Gasteiger partial charge in [-0.2, -0.15) is 4.98 Å². The van der Waals surface area contributed by atoms with Gasteiger partial charge in [-0.1, -0.05) is 60.7 Å². The first-order valence-corrected chi connectivity index (χ1v) is 8.82. The summed E-state index contributed by atoms with van der Waals surface area (Å²) in [6.07, 6.45) is 5.01. The van der Waals surface area contributed by atoms with Gasteiger partial charge in [0.1, 0.15) is 17.2 Å². The second-order valence-corrected chi connectivity index (χ2v) is 6.56. The van der Waals surface area contributed by atoms with Crippen LogP contribution in [-0.4, -0.2) is 15.0 Å². The Hall–Kier alpha value is -2.98. The summed E-state index contributed by atoms with van der Waals surface area (Å²) in [5, 5.41) is 1.30. The number of hydrogen-bond donors (Lipinski definition) is 0. The van der Waals surface area contributed by atoms with Gasteiger partial charge in [0.2, 0.25) is 5.28 Å². The van der Waals surface area contributed by atoms with E-state index in [9.17, 15) is 0 Å². The molecule has 1 aliphatic rings. The number of fused-ring (bicyclic) bond motifs is 3. The molecule has 0 amide bonds. The topological polar surface area (TPSA) is 51.8 Å². The summed E-state index contributed by atoms with van der Waals surface area (Å²) < 4.78 is 6.15. The first-order chi connectivity index (χ1) is 12.8. The zero-order valence-corrected chi connectivity index (χ0v) is 14.5. The van der Waals surface area contributed by atoms with Gasteiger partial charge in [0, 0.05) is 16.5 Å². The number of allylic oxidation sites excluding steroid dienone is 1. The lowest BCUT2D eigenvalue weighted by Gasteiger charge is -2.16. The second-order valence-electron chi connectivity index (χ2n) is 6.22. The van der Waals surface area contributed by atoms with E-state index < -0.39 is 0 Å². The van der Waals surface area contributed by atoms with E-state index in [0.29, 0.717) is 11.6 Å². The lowest BCUT2D eigenvalue weighted by Crippen LogP contribution is -2.10. The van der Waals surface area contributed by atoms with Gasteiger partial charge in [0.05, 0.1) is 5.92 Å². The van der Waals surface area contributed by atoms with Gasteiger partial charge in [-0.15, -0.1) is 0 Å². The van der Waals surface area contributed by atoms with Crippen LogP contribution >= 0.6 is 11.6 Å². The molecule has 1 unspecified atom stereocenters. The number of aromatic nitrogens is 3. The van der Waals surface area contributed by atoms with Gasteiger partial charge < -0.3 is 4.42 Å². The molecule has 0 fully saturated rings. The maximum Gasteiger partial charge on any atom is 0.226 e. The van der Waals surface area contributed by atoms with Crippen LogP contribution in [0.3, 0.4) is 0 Å². The third kappa shape index (κ3) is 2.50. The van der Waals surface area contributed by atoms with Crippen molar-refractivity contribution >= 4 is 28.6 Å². The van der Waals surface area contributed by atoms with E-state index in [0.717, 1.165) is 34.3 Å². The van der Waals surface area contributed by atoms with Crippen molar-refractivity contribution in [2.45, 2.75) is 12.3 Å². The smallest absolute Gasteiger partial charge is 0.226 e. The maximum atomic E-state index is 6.21. The average molecular weight is 360 g/mol. The maximum absolute atomic E-state index is 6.21. The molecule has 2 aromatic heterocycles. The monoisotopic (exact) mass is 359 g/mol. The number of halogens is 1. The quantitative estimate of drug-likeness (QED) is 0.475. The summed E-state index contributed by atoms with van der Waals surface area (Å²) in [5.41, 5.74) is 2.88. The van der Waals surface area contributed by atoms with E-state index >= 15 is 0 Å². The number of rotatable bonds is 2. The molecule has 5 rings (SSSR count). The highest BCUT2D eigenvalue weighted by molar-refractivity contribution is 6.28. The Bertz CT molecular complexity index is 1130. The van der Waals surface area contributed by atoms with Crippen LogP contribution in [-0.2, 0) is 0 Å². The van der Waals surface area contributed by atoms with Crippen molar-refractivity contribution in [1.82, 2.24) is 15.0 Å². The zero-order chi connectivity index (χ0) is 17.5. The second kappa shape index (κ2) is 6.07. The molecule has 0 saturated carbocycles. The van der Waals surface area contributed by atoms with E-state index in [-0.39, 0.29) is 11.2 Å². The molecular weight excluding hydrogens is 346 g/mol. The lowest BCUT2D eigenvalue weighted by atomic mass is 9.91. The summed E-state index contributed by atoms with van der Waals surface area (Å²) in [4.78, 5) is 13.4. The van der Waals surface area contributed by atoms with E-state index in [1.54, 1.807) is 0 Å².